The lowest BCUT2D eigenvalue weighted by Crippen LogP contribution is -2.47. The molecule has 1 aromatic rings. The Bertz CT molecular complexity index is 410. The van der Waals surface area contributed by atoms with E-state index in [-0.39, 0.29) is 5.91 Å². The van der Waals surface area contributed by atoms with Crippen LogP contribution in [0.25, 0.3) is 0 Å². The van der Waals surface area contributed by atoms with Crippen molar-refractivity contribution in [3.63, 3.8) is 0 Å². The molecule has 21 heavy (non-hydrogen) atoms. The fraction of sp³-hybridized carbons (Fsp3) is 0.706. The molecule has 0 radical (unpaired) electrons. The lowest BCUT2D eigenvalue weighted by atomic mass is 9.99. The van der Waals surface area contributed by atoms with E-state index in [0.29, 0.717) is 18.4 Å². The zero-order valence-corrected chi connectivity index (χ0v) is 14.1. The summed E-state index contributed by atoms with van der Waals surface area (Å²) in [6, 6.07) is 4.53. The number of carbonyl (C=O) groups excluding carboxylic acids is 1. The molecule has 0 aromatic carbocycles. The number of thiophene rings is 1. The van der Waals surface area contributed by atoms with Gasteiger partial charge in [0.1, 0.15) is 0 Å². The molecule has 1 aliphatic heterocycles. The number of hydrogen-bond donors (Lipinski definition) is 1. The van der Waals surface area contributed by atoms with E-state index in [9.17, 15) is 4.79 Å². The molecular weight excluding hydrogens is 280 g/mol. The molecule has 0 saturated carbocycles. The summed E-state index contributed by atoms with van der Waals surface area (Å²) >= 11 is 1.65. The van der Waals surface area contributed by atoms with Crippen molar-refractivity contribution in [3.8, 4) is 0 Å². The van der Waals surface area contributed by atoms with Crippen molar-refractivity contribution in [1.29, 1.82) is 0 Å². The Labute approximate surface area is 132 Å². The summed E-state index contributed by atoms with van der Waals surface area (Å²) in [5.74, 6) is 0.828. The molecule has 1 atom stereocenters. The molecule has 0 spiro atoms. The van der Waals surface area contributed by atoms with E-state index in [2.05, 4.69) is 24.1 Å². The maximum absolute atomic E-state index is 12.1. The molecule has 3 nitrogen and oxygen atoms in total. The molecule has 1 N–H and O–H groups in total. The summed E-state index contributed by atoms with van der Waals surface area (Å²) in [4.78, 5) is 15.8. The van der Waals surface area contributed by atoms with E-state index >= 15 is 0 Å². The fourth-order valence-corrected chi connectivity index (χ4v) is 3.76. The van der Waals surface area contributed by atoms with Gasteiger partial charge in [-0.1, -0.05) is 26.3 Å². The molecule has 1 saturated heterocycles. The van der Waals surface area contributed by atoms with Crippen LogP contribution in [0.15, 0.2) is 17.5 Å². The van der Waals surface area contributed by atoms with E-state index in [1.807, 2.05) is 17.5 Å². The molecule has 1 amide bonds. The van der Waals surface area contributed by atoms with Gasteiger partial charge in [-0.05, 0) is 49.7 Å². The van der Waals surface area contributed by atoms with Crippen molar-refractivity contribution in [2.24, 2.45) is 5.92 Å². The number of hydrogen-bond acceptors (Lipinski definition) is 3. The van der Waals surface area contributed by atoms with Crippen molar-refractivity contribution in [3.05, 3.63) is 22.4 Å². The van der Waals surface area contributed by atoms with Gasteiger partial charge in [-0.3, -0.25) is 9.69 Å². The second-order valence-electron chi connectivity index (χ2n) is 6.44. The van der Waals surface area contributed by atoms with Gasteiger partial charge in [-0.2, -0.15) is 0 Å². The van der Waals surface area contributed by atoms with Crippen LogP contribution in [-0.4, -0.2) is 36.5 Å². The van der Waals surface area contributed by atoms with Crippen LogP contribution in [0.1, 0.15) is 44.4 Å². The second kappa shape index (κ2) is 8.54. The van der Waals surface area contributed by atoms with Crippen molar-refractivity contribution >= 4 is 17.2 Å². The first-order valence-electron chi connectivity index (χ1n) is 8.18. The van der Waals surface area contributed by atoms with Crippen LogP contribution in [0.3, 0.4) is 0 Å². The Morgan fingerprint density at radius 1 is 1.33 bits per heavy atom. The number of nitrogens with one attached hydrogen (secondary N) is 1. The minimum atomic E-state index is 0.156. The van der Waals surface area contributed by atoms with Gasteiger partial charge in [0, 0.05) is 17.5 Å². The van der Waals surface area contributed by atoms with Crippen LogP contribution in [0.2, 0.25) is 0 Å². The van der Waals surface area contributed by atoms with E-state index in [1.54, 1.807) is 11.3 Å². The Kier molecular flexibility index (Phi) is 6.71. The molecule has 0 bridgehead atoms. The van der Waals surface area contributed by atoms with Gasteiger partial charge in [0.15, 0.2) is 0 Å². The van der Waals surface area contributed by atoms with Crippen molar-refractivity contribution < 1.29 is 4.79 Å². The van der Waals surface area contributed by atoms with Crippen LogP contribution in [0.4, 0.5) is 0 Å². The minimum Gasteiger partial charge on any atom is -0.354 e. The van der Waals surface area contributed by atoms with Crippen molar-refractivity contribution in [2.45, 2.75) is 52.0 Å². The SMILES string of the molecule is CC(C)CC(CNC(=O)Cc1cccs1)N1CCCCC1. The summed E-state index contributed by atoms with van der Waals surface area (Å²) in [5.41, 5.74) is 0. The third-order valence-corrected chi connectivity index (χ3v) is 4.98. The fourth-order valence-electron chi connectivity index (χ4n) is 3.05. The second-order valence-corrected chi connectivity index (χ2v) is 7.47. The number of nitrogens with zero attached hydrogens (tertiary/aromatic N) is 1. The van der Waals surface area contributed by atoms with Gasteiger partial charge in [-0.15, -0.1) is 11.3 Å². The van der Waals surface area contributed by atoms with Crippen LogP contribution >= 0.6 is 11.3 Å². The zero-order chi connectivity index (χ0) is 15.1. The number of rotatable bonds is 7. The number of amides is 1. The number of likely N-dealkylation sites (tertiary alicyclic amines) is 1. The first-order valence-corrected chi connectivity index (χ1v) is 9.06. The Morgan fingerprint density at radius 2 is 2.10 bits per heavy atom. The maximum atomic E-state index is 12.1. The van der Waals surface area contributed by atoms with Gasteiger partial charge in [0.25, 0.3) is 0 Å². The first kappa shape index (κ1) is 16.5. The largest absolute Gasteiger partial charge is 0.354 e. The highest BCUT2D eigenvalue weighted by Gasteiger charge is 2.22. The van der Waals surface area contributed by atoms with Crippen molar-refractivity contribution in [2.75, 3.05) is 19.6 Å². The third-order valence-electron chi connectivity index (χ3n) is 4.10. The van der Waals surface area contributed by atoms with E-state index in [0.717, 1.165) is 11.4 Å². The molecular formula is C17H28N2OS. The van der Waals surface area contributed by atoms with Crippen LogP contribution in [0, 0.1) is 5.92 Å². The maximum Gasteiger partial charge on any atom is 0.225 e. The first-order chi connectivity index (χ1) is 10.1. The monoisotopic (exact) mass is 308 g/mol. The Morgan fingerprint density at radius 3 is 2.71 bits per heavy atom. The zero-order valence-electron chi connectivity index (χ0n) is 13.3. The standard InChI is InChI=1S/C17H28N2OS/c1-14(2)11-15(19-8-4-3-5-9-19)13-18-17(20)12-16-7-6-10-21-16/h6-7,10,14-15H,3-5,8-9,11-13H2,1-2H3,(H,18,20). The van der Waals surface area contributed by atoms with Gasteiger partial charge < -0.3 is 5.32 Å². The number of carbonyl (C=O) groups is 1. The summed E-state index contributed by atoms with van der Waals surface area (Å²) in [6.45, 7) is 7.72. The molecule has 1 aliphatic rings. The predicted molar refractivity (Wildman–Crippen MR) is 89.7 cm³/mol. The van der Waals surface area contributed by atoms with Gasteiger partial charge in [0.2, 0.25) is 5.91 Å². The molecule has 1 fully saturated rings. The lowest BCUT2D eigenvalue weighted by molar-refractivity contribution is -0.120. The van der Waals surface area contributed by atoms with Crippen LogP contribution < -0.4 is 5.32 Å². The molecule has 1 aromatic heterocycles. The summed E-state index contributed by atoms with van der Waals surface area (Å²) in [7, 11) is 0. The van der Waals surface area contributed by atoms with Gasteiger partial charge in [0.05, 0.1) is 6.42 Å². The molecule has 4 heteroatoms. The molecule has 2 rings (SSSR count). The van der Waals surface area contributed by atoms with Gasteiger partial charge in [-0.25, -0.2) is 0 Å². The number of piperidine rings is 1. The smallest absolute Gasteiger partial charge is 0.225 e. The minimum absolute atomic E-state index is 0.156. The van der Waals surface area contributed by atoms with Crippen LogP contribution in [0.5, 0.6) is 0 Å². The highest BCUT2D eigenvalue weighted by atomic mass is 32.1. The molecule has 2 heterocycles. The summed E-state index contributed by atoms with van der Waals surface area (Å²) < 4.78 is 0. The Balaban J connectivity index is 1.81. The van der Waals surface area contributed by atoms with E-state index < -0.39 is 0 Å². The average Bonchev–Trinajstić information content (AvgIpc) is 2.97. The normalized spacial score (nSPS) is 17.9. The lowest BCUT2D eigenvalue weighted by Gasteiger charge is -2.35. The summed E-state index contributed by atoms with van der Waals surface area (Å²) in [6.07, 6.45) is 5.65. The predicted octanol–water partition coefficient (Wildman–Crippen LogP) is 3.31. The van der Waals surface area contributed by atoms with E-state index in [4.69, 9.17) is 0 Å². The average molecular weight is 308 g/mol. The van der Waals surface area contributed by atoms with Crippen LogP contribution in [-0.2, 0) is 11.2 Å². The quantitative estimate of drug-likeness (QED) is 0.838. The highest BCUT2D eigenvalue weighted by Crippen LogP contribution is 2.17. The Hall–Kier alpha value is -0.870. The highest BCUT2D eigenvalue weighted by molar-refractivity contribution is 7.10. The summed E-state index contributed by atoms with van der Waals surface area (Å²) in [5, 5.41) is 5.18. The van der Waals surface area contributed by atoms with Gasteiger partial charge >= 0.3 is 0 Å². The molecule has 118 valence electrons. The molecule has 0 aliphatic carbocycles. The molecule has 1 unspecified atom stereocenters. The van der Waals surface area contributed by atoms with E-state index in [1.165, 1.54) is 38.8 Å². The topological polar surface area (TPSA) is 32.3 Å². The van der Waals surface area contributed by atoms with Crippen molar-refractivity contribution in [1.82, 2.24) is 10.2 Å². The third kappa shape index (κ3) is 5.79.